The molecule has 3 heteroatoms. The number of nitrogens with zero attached hydrogens (tertiary/aromatic N) is 2. The average molecular weight is 267 g/mol. The van der Waals surface area contributed by atoms with Gasteiger partial charge in [-0.05, 0) is 60.7 Å². The Bertz CT molecular complexity index is 553. The molecule has 0 amide bonds. The number of piperidine rings is 1. The molecule has 2 heterocycles. The fourth-order valence-electron chi connectivity index (χ4n) is 3.03. The van der Waals surface area contributed by atoms with Crippen LogP contribution in [0.5, 0.6) is 0 Å². The van der Waals surface area contributed by atoms with Crippen LogP contribution in [0.1, 0.15) is 29.9 Å². The summed E-state index contributed by atoms with van der Waals surface area (Å²) >= 11 is 0. The average Bonchev–Trinajstić information content (AvgIpc) is 2.49. The van der Waals surface area contributed by atoms with Gasteiger partial charge >= 0.3 is 0 Å². The Balaban J connectivity index is 1.67. The van der Waals surface area contributed by atoms with Crippen LogP contribution in [0, 0.1) is 0 Å². The van der Waals surface area contributed by atoms with Crippen molar-refractivity contribution >= 4 is 5.69 Å². The van der Waals surface area contributed by atoms with E-state index >= 15 is 0 Å². The summed E-state index contributed by atoms with van der Waals surface area (Å²) in [7, 11) is 0. The van der Waals surface area contributed by atoms with Gasteiger partial charge in [-0.3, -0.25) is 9.88 Å². The number of aromatic nitrogens is 1. The second-order valence-corrected chi connectivity index (χ2v) is 5.60. The minimum atomic E-state index is 0.606. The number of nitrogens with two attached hydrogens (primary N) is 1. The van der Waals surface area contributed by atoms with E-state index in [1.165, 1.54) is 30.5 Å². The number of anilines is 1. The first kappa shape index (κ1) is 13.1. The van der Waals surface area contributed by atoms with E-state index in [1.807, 2.05) is 18.5 Å². The predicted octanol–water partition coefficient (Wildman–Crippen LogP) is 3.04. The van der Waals surface area contributed by atoms with Gasteiger partial charge in [-0.1, -0.05) is 12.1 Å². The molecule has 1 saturated heterocycles. The second-order valence-electron chi connectivity index (χ2n) is 5.60. The molecular formula is C17H21N3. The number of benzene rings is 1. The number of pyridine rings is 1. The van der Waals surface area contributed by atoms with Crippen molar-refractivity contribution in [2.24, 2.45) is 0 Å². The highest BCUT2D eigenvalue weighted by molar-refractivity contribution is 5.42. The first-order valence-corrected chi connectivity index (χ1v) is 7.28. The fourth-order valence-corrected chi connectivity index (χ4v) is 3.03. The zero-order valence-electron chi connectivity index (χ0n) is 11.7. The van der Waals surface area contributed by atoms with E-state index < -0.39 is 0 Å². The van der Waals surface area contributed by atoms with Crippen LogP contribution >= 0.6 is 0 Å². The smallest absolute Gasteiger partial charge is 0.0316 e. The van der Waals surface area contributed by atoms with Gasteiger partial charge in [0.25, 0.3) is 0 Å². The lowest BCUT2D eigenvalue weighted by Crippen LogP contribution is -2.33. The summed E-state index contributed by atoms with van der Waals surface area (Å²) in [4.78, 5) is 6.61. The van der Waals surface area contributed by atoms with Crippen molar-refractivity contribution in [3.8, 4) is 0 Å². The van der Waals surface area contributed by atoms with Crippen LogP contribution in [0.15, 0.2) is 48.8 Å². The normalized spacial score (nSPS) is 19.9. The summed E-state index contributed by atoms with van der Waals surface area (Å²) in [6, 6.07) is 12.6. The Hall–Kier alpha value is -1.87. The van der Waals surface area contributed by atoms with Crippen molar-refractivity contribution in [3.63, 3.8) is 0 Å². The van der Waals surface area contributed by atoms with E-state index in [4.69, 9.17) is 5.73 Å². The maximum Gasteiger partial charge on any atom is 0.0316 e. The summed E-state index contributed by atoms with van der Waals surface area (Å²) in [5, 5.41) is 0. The predicted molar refractivity (Wildman–Crippen MR) is 82.3 cm³/mol. The molecule has 3 nitrogen and oxygen atoms in total. The van der Waals surface area contributed by atoms with Crippen molar-refractivity contribution in [3.05, 3.63) is 59.9 Å². The van der Waals surface area contributed by atoms with Crippen molar-refractivity contribution in [2.45, 2.75) is 25.3 Å². The molecule has 1 fully saturated rings. The standard InChI is InChI=1S/C17H21N3/c18-17-5-1-3-15(11-17)16-4-2-10-20(13-16)12-14-6-8-19-9-7-14/h1,3,5-9,11,16H,2,4,10,12-13,18H2. The molecule has 1 aromatic heterocycles. The van der Waals surface area contributed by atoms with E-state index in [2.05, 4.69) is 40.2 Å². The molecule has 1 aliphatic heterocycles. The molecule has 104 valence electrons. The van der Waals surface area contributed by atoms with Gasteiger partial charge in [-0.15, -0.1) is 0 Å². The second kappa shape index (κ2) is 6.06. The summed E-state index contributed by atoms with van der Waals surface area (Å²) in [6.45, 7) is 3.31. The fraction of sp³-hybridized carbons (Fsp3) is 0.353. The third kappa shape index (κ3) is 3.17. The van der Waals surface area contributed by atoms with Crippen LogP contribution in [-0.2, 0) is 6.54 Å². The largest absolute Gasteiger partial charge is 0.399 e. The molecule has 20 heavy (non-hydrogen) atoms. The van der Waals surface area contributed by atoms with Crippen molar-refractivity contribution in [1.82, 2.24) is 9.88 Å². The summed E-state index contributed by atoms with van der Waals surface area (Å²) in [5.74, 6) is 0.606. The maximum atomic E-state index is 5.90. The quantitative estimate of drug-likeness (QED) is 0.869. The first-order valence-electron chi connectivity index (χ1n) is 7.28. The summed E-state index contributed by atoms with van der Waals surface area (Å²) in [5.41, 5.74) is 9.49. The van der Waals surface area contributed by atoms with Crippen molar-refractivity contribution in [1.29, 1.82) is 0 Å². The van der Waals surface area contributed by atoms with Gasteiger partial charge in [0.1, 0.15) is 0 Å². The zero-order valence-corrected chi connectivity index (χ0v) is 11.7. The Labute approximate surface area is 120 Å². The highest BCUT2D eigenvalue weighted by Gasteiger charge is 2.21. The number of likely N-dealkylation sites (tertiary alicyclic amines) is 1. The number of rotatable bonds is 3. The highest BCUT2D eigenvalue weighted by Crippen LogP contribution is 2.28. The van der Waals surface area contributed by atoms with E-state index in [0.717, 1.165) is 18.8 Å². The minimum Gasteiger partial charge on any atom is -0.399 e. The van der Waals surface area contributed by atoms with Crippen molar-refractivity contribution < 1.29 is 0 Å². The third-order valence-corrected chi connectivity index (χ3v) is 4.04. The molecule has 0 aliphatic carbocycles. The lowest BCUT2D eigenvalue weighted by Gasteiger charge is -2.33. The monoisotopic (exact) mass is 267 g/mol. The molecule has 0 saturated carbocycles. The van der Waals surface area contributed by atoms with E-state index in [1.54, 1.807) is 0 Å². The summed E-state index contributed by atoms with van der Waals surface area (Å²) < 4.78 is 0. The molecule has 2 aromatic rings. The SMILES string of the molecule is Nc1cccc(C2CCCN(Cc3ccncc3)C2)c1. The Morgan fingerprint density at radius 2 is 2.05 bits per heavy atom. The number of hydrogen-bond acceptors (Lipinski definition) is 3. The lowest BCUT2D eigenvalue weighted by atomic mass is 9.90. The molecule has 0 bridgehead atoms. The van der Waals surface area contributed by atoms with Crippen LogP contribution in [0.4, 0.5) is 5.69 Å². The Morgan fingerprint density at radius 1 is 1.20 bits per heavy atom. The van der Waals surface area contributed by atoms with E-state index in [0.29, 0.717) is 5.92 Å². The first-order chi connectivity index (χ1) is 9.81. The molecular weight excluding hydrogens is 246 g/mol. The van der Waals surface area contributed by atoms with Gasteiger partial charge < -0.3 is 5.73 Å². The van der Waals surface area contributed by atoms with Gasteiger partial charge in [-0.25, -0.2) is 0 Å². The van der Waals surface area contributed by atoms with E-state index in [-0.39, 0.29) is 0 Å². The Morgan fingerprint density at radius 3 is 2.85 bits per heavy atom. The Kier molecular flexibility index (Phi) is 3.97. The number of nitrogen functional groups attached to an aromatic ring is 1. The molecule has 0 radical (unpaired) electrons. The van der Waals surface area contributed by atoms with Gasteiger partial charge in [0.2, 0.25) is 0 Å². The minimum absolute atomic E-state index is 0.606. The zero-order chi connectivity index (χ0) is 13.8. The highest BCUT2D eigenvalue weighted by atomic mass is 15.1. The molecule has 0 spiro atoms. The van der Waals surface area contributed by atoms with Gasteiger partial charge in [0.15, 0.2) is 0 Å². The van der Waals surface area contributed by atoms with Crippen LogP contribution in [0.3, 0.4) is 0 Å². The number of hydrogen-bond donors (Lipinski definition) is 1. The van der Waals surface area contributed by atoms with Crippen LogP contribution in [0.2, 0.25) is 0 Å². The topological polar surface area (TPSA) is 42.1 Å². The van der Waals surface area contributed by atoms with Gasteiger partial charge in [0.05, 0.1) is 0 Å². The lowest BCUT2D eigenvalue weighted by molar-refractivity contribution is 0.200. The molecule has 1 atom stereocenters. The maximum absolute atomic E-state index is 5.90. The molecule has 1 unspecified atom stereocenters. The third-order valence-electron chi connectivity index (χ3n) is 4.04. The van der Waals surface area contributed by atoms with Crippen LogP contribution in [0.25, 0.3) is 0 Å². The molecule has 1 aromatic carbocycles. The van der Waals surface area contributed by atoms with Crippen LogP contribution < -0.4 is 5.73 Å². The van der Waals surface area contributed by atoms with Crippen LogP contribution in [-0.4, -0.2) is 23.0 Å². The molecule has 1 aliphatic rings. The van der Waals surface area contributed by atoms with Crippen molar-refractivity contribution in [2.75, 3.05) is 18.8 Å². The van der Waals surface area contributed by atoms with E-state index in [9.17, 15) is 0 Å². The van der Waals surface area contributed by atoms with Gasteiger partial charge in [0, 0.05) is 31.2 Å². The van der Waals surface area contributed by atoms with Gasteiger partial charge in [-0.2, -0.15) is 0 Å². The molecule has 2 N–H and O–H groups in total. The summed E-state index contributed by atoms with van der Waals surface area (Å²) in [6.07, 6.45) is 6.25. The molecule has 3 rings (SSSR count).